The van der Waals surface area contributed by atoms with Crippen molar-refractivity contribution in [2.24, 2.45) is 0 Å². The molecular weight excluding hydrogens is 134 g/mol. The maximum Gasteiger partial charge on any atom is 0.221 e. The van der Waals surface area contributed by atoms with Crippen LogP contribution in [0, 0.1) is 0 Å². The predicted octanol–water partition coefficient (Wildman–Crippen LogP) is 0.585. The van der Waals surface area contributed by atoms with E-state index in [-0.39, 0.29) is 10.7 Å². The first-order valence-electron chi connectivity index (χ1n) is 3.09. The summed E-state index contributed by atoms with van der Waals surface area (Å²) >= 11 is 4.32. The molecule has 1 aliphatic rings. The van der Waals surface area contributed by atoms with E-state index in [1.807, 2.05) is 6.92 Å². The van der Waals surface area contributed by atoms with E-state index in [2.05, 4.69) is 17.9 Å². The van der Waals surface area contributed by atoms with Gasteiger partial charge in [0.05, 0.1) is 0 Å². The lowest BCUT2D eigenvalue weighted by molar-refractivity contribution is -0.122. The molecule has 1 N–H and O–H groups in total. The van der Waals surface area contributed by atoms with Gasteiger partial charge in [0.15, 0.2) is 0 Å². The van der Waals surface area contributed by atoms with E-state index in [4.69, 9.17) is 0 Å². The molecule has 1 saturated heterocycles. The van der Waals surface area contributed by atoms with E-state index in [1.54, 1.807) is 0 Å². The average molecular weight is 145 g/mol. The van der Waals surface area contributed by atoms with Crippen molar-refractivity contribution in [2.45, 2.75) is 24.5 Å². The summed E-state index contributed by atoms with van der Waals surface area (Å²) in [4.78, 5) is 10.7. The Morgan fingerprint density at radius 2 is 2.44 bits per heavy atom. The molecule has 0 aromatic rings. The molecule has 1 heterocycles. The summed E-state index contributed by atoms with van der Waals surface area (Å²) in [6, 6.07) is 0. The van der Waals surface area contributed by atoms with E-state index in [1.165, 1.54) is 0 Å². The third-order valence-electron chi connectivity index (χ3n) is 1.53. The second-order valence-corrected chi connectivity index (χ2v) is 3.85. The number of rotatable bonds is 0. The molecule has 1 atom stereocenters. The number of hydrogen-bond donors (Lipinski definition) is 2. The number of piperidine rings is 1. The molecule has 0 radical (unpaired) electrons. The monoisotopic (exact) mass is 145 g/mol. The fourth-order valence-electron chi connectivity index (χ4n) is 0.968. The van der Waals surface area contributed by atoms with Crippen LogP contribution in [0.15, 0.2) is 0 Å². The van der Waals surface area contributed by atoms with Crippen LogP contribution in [0.5, 0.6) is 0 Å². The van der Waals surface area contributed by atoms with Gasteiger partial charge in [-0.1, -0.05) is 6.92 Å². The molecule has 1 aliphatic heterocycles. The molecule has 0 aromatic heterocycles. The fraction of sp³-hybridized carbons (Fsp3) is 0.833. The largest absolute Gasteiger partial charge is 0.356 e. The van der Waals surface area contributed by atoms with Gasteiger partial charge in [-0.25, -0.2) is 0 Å². The molecule has 1 fully saturated rings. The Kier molecular flexibility index (Phi) is 1.70. The van der Waals surface area contributed by atoms with Gasteiger partial charge in [0.25, 0.3) is 0 Å². The number of carbonyl (C=O) groups is 1. The molecule has 1 unspecified atom stereocenters. The standard InChI is InChI=1S/C6H11NOS/c1-6(9)2-3-7-5(8)4-6/h9H,2-4H2,1H3,(H,7,8). The second-order valence-electron chi connectivity index (χ2n) is 2.77. The topological polar surface area (TPSA) is 29.1 Å². The summed E-state index contributed by atoms with van der Waals surface area (Å²) in [5.74, 6) is 0.124. The molecule has 1 amide bonds. The number of nitrogens with one attached hydrogen (secondary N) is 1. The van der Waals surface area contributed by atoms with Gasteiger partial charge >= 0.3 is 0 Å². The molecule has 0 aliphatic carbocycles. The van der Waals surface area contributed by atoms with Crippen molar-refractivity contribution in [3.63, 3.8) is 0 Å². The van der Waals surface area contributed by atoms with E-state index >= 15 is 0 Å². The lowest BCUT2D eigenvalue weighted by atomic mass is 9.99. The molecule has 0 spiro atoms. The van der Waals surface area contributed by atoms with Crippen LogP contribution >= 0.6 is 12.6 Å². The van der Waals surface area contributed by atoms with Crippen LogP contribution in [0.4, 0.5) is 0 Å². The predicted molar refractivity (Wildman–Crippen MR) is 39.6 cm³/mol. The molecule has 9 heavy (non-hydrogen) atoms. The van der Waals surface area contributed by atoms with Crippen molar-refractivity contribution in [1.82, 2.24) is 5.32 Å². The zero-order valence-corrected chi connectivity index (χ0v) is 6.37. The van der Waals surface area contributed by atoms with Crippen molar-refractivity contribution in [3.8, 4) is 0 Å². The Morgan fingerprint density at radius 1 is 1.78 bits per heavy atom. The van der Waals surface area contributed by atoms with E-state index in [0.717, 1.165) is 13.0 Å². The van der Waals surface area contributed by atoms with E-state index in [0.29, 0.717) is 6.42 Å². The summed E-state index contributed by atoms with van der Waals surface area (Å²) in [6.07, 6.45) is 1.53. The van der Waals surface area contributed by atoms with E-state index < -0.39 is 0 Å². The summed E-state index contributed by atoms with van der Waals surface area (Å²) in [5, 5.41) is 2.75. The highest BCUT2D eigenvalue weighted by molar-refractivity contribution is 7.81. The van der Waals surface area contributed by atoms with Crippen molar-refractivity contribution >= 4 is 18.5 Å². The third-order valence-corrected chi connectivity index (χ3v) is 1.91. The molecule has 0 bridgehead atoms. The molecule has 52 valence electrons. The average Bonchev–Trinajstić information content (AvgIpc) is 1.60. The van der Waals surface area contributed by atoms with Gasteiger partial charge in [-0.05, 0) is 6.42 Å². The Balaban J connectivity index is 2.51. The van der Waals surface area contributed by atoms with Crippen LogP contribution in [0.3, 0.4) is 0 Å². The first-order chi connectivity index (χ1) is 4.10. The first-order valence-corrected chi connectivity index (χ1v) is 3.54. The second kappa shape index (κ2) is 2.21. The van der Waals surface area contributed by atoms with Gasteiger partial charge < -0.3 is 5.32 Å². The molecule has 0 aromatic carbocycles. The van der Waals surface area contributed by atoms with Crippen molar-refractivity contribution in [1.29, 1.82) is 0 Å². The quantitative estimate of drug-likeness (QED) is 0.480. The van der Waals surface area contributed by atoms with Crippen LogP contribution in [-0.2, 0) is 4.79 Å². The summed E-state index contributed by atoms with van der Waals surface area (Å²) in [6.45, 7) is 2.77. The van der Waals surface area contributed by atoms with Gasteiger partial charge in [-0.15, -0.1) is 0 Å². The third kappa shape index (κ3) is 1.90. The summed E-state index contributed by atoms with van der Waals surface area (Å²) < 4.78 is -0.0671. The minimum Gasteiger partial charge on any atom is -0.356 e. The Morgan fingerprint density at radius 3 is 2.78 bits per heavy atom. The first kappa shape index (κ1) is 6.93. The molecule has 2 nitrogen and oxygen atoms in total. The SMILES string of the molecule is CC1(S)CCNC(=O)C1. The zero-order chi connectivity index (χ0) is 6.91. The molecule has 1 rings (SSSR count). The van der Waals surface area contributed by atoms with Crippen LogP contribution in [0.25, 0.3) is 0 Å². The maximum atomic E-state index is 10.7. The van der Waals surface area contributed by atoms with Gasteiger partial charge in [0, 0.05) is 17.7 Å². The van der Waals surface area contributed by atoms with Gasteiger partial charge in [0.2, 0.25) is 5.91 Å². The highest BCUT2D eigenvalue weighted by Gasteiger charge is 2.26. The molecular formula is C6H11NOS. The van der Waals surface area contributed by atoms with E-state index in [9.17, 15) is 4.79 Å². The van der Waals surface area contributed by atoms with Gasteiger partial charge in [-0.3, -0.25) is 4.79 Å². The van der Waals surface area contributed by atoms with Crippen LogP contribution in [-0.4, -0.2) is 17.2 Å². The lowest BCUT2D eigenvalue weighted by Crippen LogP contribution is -2.40. The molecule has 0 saturated carbocycles. The van der Waals surface area contributed by atoms with Crippen LogP contribution in [0.2, 0.25) is 0 Å². The lowest BCUT2D eigenvalue weighted by Gasteiger charge is -2.27. The normalized spacial score (nSPS) is 36.0. The number of carbonyl (C=O) groups excluding carboxylic acids is 1. The number of amides is 1. The summed E-state index contributed by atoms with van der Waals surface area (Å²) in [5.41, 5.74) is 0. The van der Waals surface area contributed by atoms with Crippen molar-refractivity contribution in [3.05, 3.63) is 0 Å². The highest BCUT2D eigenvalue weighted by atomic mass is 32.1. The summed E-state index contributed by atoms with van der Waals surface area (Å²) in [7, 11) is 0. The number of hydrogen-bond acceptors (Lipinski definition) is 2. The highest BCUT2D eigenvalue weighted by Crippen LogP contribution is 2.24. The van der Waals surface area contributed by atoms with Crippen LogP contribution in [0.1, 0.15) is 19.8 Å². The Hall–Kier alpha value is -0.180. The van der Waals surface area contributed by atoms with Gasteiger partial charge in [0.1, 0.15) is 0 Å². The Bertz CT molecular complexity index is 133. The molecule has 3 heteroatoms. The zero-order valence-electron chi connectivity index (χ0n) is 5.48. The van der Waals surface area contributed by atoms with Gasteiger partial charge in [-0.2, -0.15) is 12.6 Å². The fourth-order valence-corrected chi connectivity index (χ4v) is 1.22. The number of thiol groups is 1. The van der Waals surface area contributed by atoms with Crippen molar-refractivity contribution < 1.29 is 4.79 Å². The van der Waals surface area contributed by atoms with Crippen LogP contribution < -0.4 is 5.32 Å². The minimum atomic E-state index is -0.0671. The smallest absolute Gasteiger partial charge is 0.221 e. The minimum absolute atomic E-state index is 0.0671. The van der Waals surface area contributed by atoms with Crippen molar-refractivity contribution in [2.75, 3.05) is 6.54 Å². The maximum absolute atomic E-state index is 10.7. The Labute approximate surface area is 60.4 Å².